The minimum absolute atomic E-state index is 0.00230. The molecule has 8 nitrogen and oxygen atoms in total. The van der Waals surface area contributed by atoms with Crippen molar-refractivity contribution in [2.24, 2.45) is 0 Å². The van der Waals surface area contributed by atoms with Gasteiger partial charge in [0.25, 0.3) is 5.56 Å². The number of aromatic nitrogens is 2. The van der Waals surface area contributed by atoms with Crippen molar-refractivity contribution in [2.45, 2.75) is 72.2 Å². The van der Waals surface area contributed by atoms with Gasteiger partial charge in [0.2, 0.25) is 0 Å². The summed E-state index contributed by atoms with van der Waals surface area (Å²) < 4.78 is 7.31. The van der Waals surface area contributed by atoms with Crippen LogP contribution in [0.1, 0.15) is 71.2 Å². The Hall–Kier alpha value is -3.39. The van der Waals surface area contributed by atoms with Crippen molar-refractivity contribution < 1.29 is 9.53 Å². The summed E-state index contributed by atoms with van der Waals surface area (Å²) in [6.07, 6.45) is 2.59. The fourth-order valence-corrected chi connectivity index (χ4v) is 5.15. The number of hydrogen-bond donors (Lipinski definition) is 1. The van der Waals surface area contributed by atoms with Crippen LogP contribution in [-0.4, -0.2) is 57.2 Å². The summed E-state index contributed by atoms with van der Waals surface area (Å²) in [5, 5.41) is 4.44. The number of hydrogen-bond acceptors (Lipinski definition) is 6. The Morgan fingerprint density at radius 2 is 1.68 bits per heavy atom. The van der Waals surface area contributed by atoms with Gasteiger partial charge in [-0.25, -0.2) is 9.78 Å². The van der Waals surface area contributed by atoms with Gasteiger partial charge in [0.1, 0.15) is 11.4 Å². The molecular weight excluding hydrogens is 478 g/mol. The second kappa shape index (κ2) is 11.6. The van der Waals surface area contributed by atoms with E-state index in [2.05, 4.69) is 53.3 Å². The van der Waals surface area contributed by atoms with E-state index in [-0.39, 0.29) is 17.7 Å². The van der Waals surface area contributed by atoms with Gasteiger partial charge in [0.15, 0.2) is 0 Å². The molecule has 1 amide bonds. The van der Waals surface area contributed by atoms with Crippen molar-refractivity contribution in [2.75, 3.05) is 31.5 Å². The molecule has 2 aromatic heterocycles. The number of aryl methyl sites for hydroxylation is 1. The molecule has 1 fully saturated rings. The summed E-state index contributed by atoms with van der Waals surface area (Å²) in [4.78, 5) is 33.5. The van der Waals surface area contributed by atoms with E-state index in [4.69, 9.17) is 4.74 Å². The van der Waals surface area contributed by atoms with Gasteiger partial charge >= 0.3 is 6.09 Å². The lowest BCUT2D eigenvalue weighted by atomic mass is 9.98. The lowest BCUT2D eigenvalue weighted by Gasteiger charge is -2.39. The first-order valence-electron chi connectivity index (χ1n) is 13.7. The molecule has 0 saturated carbocycles. The lowest BCUT2D eigenvalue weighted by molar-refractivity contribution is 0.00998. The first-order valence-corrected chi connectivity index (χ1v) is 13.7. The summed E-state index contributed by atoms with van der Waals surface area (Å²) in [6, 6.07) is 14.5. The van der Waals surface area contributed by atoms with Crippen LogP contribution in [-0.2, 0) is 11.3 Å². The van der Waals surface area contributed by atoms with Crippen molar-refractivity contribution in [3.8, 4) is 0 Å². The van der Waals surface area contributed by atoms with Crippen LogP contribution in [0, 0.1) is 0 Å². The minimum atomic E-state index is -0.476. The number of nitrogens with zero attached hydrogens (tertiary/aromatic N) is 4. The number of pyridine rings is 2. The van der Waals surface area contributed by atoms with Crippen molar-refractivity contribution in [3.05, 3.63) is 70.1 Å². The molecule has 2 atom stereocenters. The van der Waals surface area contributed by atoms with E-state index in [9.17, 15) is 9.59 Å². The fourth-order valence-electron chi connectivity index (χ4n) is 5.15. The molecule has 8 heteroatoms. The number of amides is 1. The largest absolute Gasteiger partial charge is 0.444 e. The van der Waals surface area contributed by atoms with Crippen LogP contribution in [0.25, 0.3) is 10.9 Å². The number of ether oxygens (including phenoxy) is 1. The number of carbonyl (C=O) groups excluding carboxylic acids is 1. The third-order valence-electron chi connectivity index (χ3n) is 7.17. The quantitative estimate of drug-likeness (QED) is 0.438. The standard InChI is InChI=1S/C30H41N5O3/c1-7-25(33-15-17-34(18-16-33)29(37)38-30(4,5)6)23-11-9-22(10-12-23)21(3)32-27-19-26-24(20-31-27)13-14-28(36)35(26)8-2/h9-14,19-21,25H,7-8,15-18H2,1-6H3,(H,31,32)/t21-,25?/m0/s1. The second-order valence-corrected chi connectivity index (χ2v) is 11.0. The first kappa shape index (κ1) is 27.6. The third-order valence-corrected chi connectivity index (χ3v) is 7.17. The van der Waals surface area contributed by atoms with Crippen LogP contribution >= 0.6 is 0 Å². The van der Waals surface area contributed by atoms with Gasteiger partial charge in [-0.1, -0.05) is 31.2 Å². The van der Waals surface area contributed by atoms with E-state index in [1.54, 1.807) is 10.6 Å². The van der Waals surface area contributed by atoms with E-state index in [0.717, 1.165) is 36.2 Å². The van der Waals surface area contributed by atoms with Crippen LogP contribution < -0.4 is 10.9 Å². The van der Waals surface area contributed by atoms with Crippen LogP contribution in [0.2, 0.25) is 0 Å². The number of benzene rings is 1. The number of fused-ring (bicyclic) bond motifs is 1. The molecule has 0 radical (unpaired) electrons. The zero-order valence-electron chi connectivity index (χ0n) is 23.5. The molecule has 1 aliphatic heterocycles. The minimum Gasteiger partial charge on any atom is -0.444 e. The second-order valence-electron chi connectivity index (χ2n) is 11.0. The predicted octanol–water partition coefficient (Wildman–Crippen LogP) is 5.59. The first-order chi connectivity index (χ1) is 18.1. The summed E-state index contributed by atoms with van der Waals surface area (Å²) in [6.45, 7) is 15.6. The number of anilines is 1. The highest BCUT2D eigenvalue weighted by atomic mass is 16.6. The normalized spacial score (nSPS) is 16.3. The van der Waals surface area contributed by atoms with Gasteiger partial charge in [-0.2, -0.15) is 0 Å². The van der Waals surface area contributed by atoms with Gasteiger partial charge in [0, 0.05) is 68.5 Å². The highest BCUT2D eigenvalue weighted by Crippen LogP contribution is 2.28. The third kappa shape index (κ3) is 6.35. The molecule has 0 bridgehead atoms. The van der Waals surface area contributed by atoms with Crippen molar-refractivity contribution >= 4 is 22.8 Å². The van der Waals surface area contributed by atoms with E-state index >= 15 is 0 Å². The smallest absolute Gasteiger partial charge is 0.410 e. The van der Waals surface area contributed by atoms with Crippen molar-refractivity contribution in [1.29, 1.82) is 0 Å². The van der Waals surface area contributed by atoms with Crippen LogP contribution in [0.5, 0.6) is 0 Å². The van der Waals surface area contributed by atoms with E-state index in [1.165, 1.54) is 11.1 Å². The van der Waals surface area contributed by atoms with Crippen molar-refractivity contribution in [3.63, 3.8) is 0 Å². The molecule has 4 rings (SSSR count). The van der Waals surface area contributed by atoms with Crippen LogP contribution in [0.4, 0.5) is 10.6 Å². The van der Waals surface area contributed by atoms with Crippen LogP contribution in [0.15, 0.2) is 53.5 Å². The molecule has 1 aromatic carbocycles. The average molecular weight is 520 g/mol. The molecule has 1 saturated heterocycles. The zero-order chi connectivity index (χ0) is 27.4. The Kier molecular flexibility index (Phi) is 8.41. The topological polar surface area (TPSA) is 79.7 Å². The SMILES string of the molecule is CCC(c1ccc([C@H](C)Nc2cc3c(ccc(=O)n3CC)cn2)cc1)N1CCN(C(=O)OC(C)(C)C)CC1. The number of nitrogens with one attached hydrogen (secondary N) is 1. The molecule has 204 valence electrons. The Morgan fingerprint density at radius 1 is 1.03 bits per heavy atom. The lowest BCUT2D eigenvalue weighted by Crippen LogP contribution is -2.50. The van der Waals surface area contributed by atoms with E-state index in [1.807, 2.05) is 50.9 Å². The summed E-state index contributed by atoms with van der Waals surface area (Å²) in [5.41, 5.74) is 2.86. The molecule has 1 N–H and O–H groups in total. The highest BCUT2D eigenvalue weighted by Gasteiger charge is 2.29. The Labute approximate surface area is 225 Å². The molecule has 38 heavy (non-hydrogen) atoms. The number of piperazine rings is 1. The van der Waals surface area contributed by atoms with E-state index < -0.39 is 5.60 Å². The molecule has 0 aliphatic carbocycles. The van der Waals surface area contributed by atoms with Gasteiger partial charge in [-0.15, -0.1) is 0 Å². The Balaban J connectivity index is 1.40. The predicted molar refractivity (Wildman–Crippen MR) is 153 cm³/mol. The molecule has 3 aromatic rings. The fraction of sp³-hybridized carbons (Fsp3) is 0.500. The van der Waals surface area contributed by atoms with Crippen molar-refractivity contribution in [1.82, 2.24) is 19.4 Å². The zero-order valence-corrected chi connectivity index (χ0v) is 23.5. The summed E-state index contributed by atoms with van der Waals surface area (Å²) in [7, 11) is 0. The average Bonchev–Trinajstić information content (AvgIpc) is 2.89. The molecule has 0 spiro atoms. The molecule has 3 heterocycles. The van der Waals surface area contributed by atoms with Gasteiger partial charge < -0.3 is 19.5 Å². The monoisotopic (exact) mass is 519 g/mol. The molecule has 1 aliphatic rings. The maximum absolute atomic E-state index is 12.4. The highest BCUT2D eigenvalue weighted by molar-refractivity contribution is 5.80. The Bertz CT molecular complexity index is 1300. The van der Waals surface area contributed by atoms with Gasteiger partial charge in [0.05, 0.1) is 5.52 Å². The van der Waals surface area contributed by atoms with Crippen LogP contribution in [0.3, 0.4) is 0 Å². The molecule has 1 unspecified atom stereocenters. The Morgan fingerprint density at radius 3 is 2.29 bits per heavy atom. The number of carbonyl (C=O) groups is 1. The van der Waals surface area contributed by atoms with Gasteiger partial charge in [-0.05, 0) is 58.2 Å². The molecular formula is C30H41N5O3. The number of rotatable bonds is 7. The maximum Gasteiger partial charge on any atom is 0.410 e. The summed E-state index contributed by atoms with van der Waals surface area (Å²) >= 11 is 0. The summed E-state index contributed by atoms with van der Waals surface area (Å²) in [5.74, 6) is 0.746. The van der Waals surface area contributed by atoms with Gasteiger partial charge in [-0.3, -0.25) is 9.69 Å². The van der Waals surface area contributed by atoms with E-state index in [0.29, 0.717) is 25.7 Å². The maximum atomic E-state index is 12.4.